The van der Waals surface area contributed by atoms with E-state index in [9.17, 15) is 0 Å². The number of fused-ring (bicyclic) bond motifs is 1. The van der Waals surface area contributed by atoms with Crippen LogP contribution >= 0.6 is 31.9 Å². The highest BCUT2D eigenvalue weighted by molar-refractivity contribution is 9.25. The van der Waals surface area contributed by atoms with Gasteiger partial charge in [-0.2, -0.15) is 0 Å². The SMILES string of the molecule is OCCCN1CC[C@H]2[C@@H](C1)C2(Br)Br. The molecule has 2 fully saturated rings. The van der Waals surface area contributed by atoms with Crippen LogP contribution in [0.25, 0.3) is 0 Å². The predicted octanol–water partition coefficient (Wildman–Crippen LogP) is 1.81. The molecule has 0 spiro atoms. The first-order chi connectivity index (χ1) is 6.16. The van der Waals surface area contributed by atoms with Crippen molar-refractivity contribution in [1.82, 2.24) is 4.90 Å². The third kappa shape index (κ3) is 1.96. The van der Waals surface area contributed by atoms with Crippen molar-refractivity contribution in [2.45, 2.75) is 16.1 Å². The molecule has 0 radical (unpaired) electrons. The molecule has 0 unspecified atom stereocenters. The molecule has 0 bridgehead atoms. The Hall–Kier alpha value is 0.880. The lowest BCUT2D eigenvalue weighted by Crippen LogP contribution is -2.32. The predicted molar refractivity (Wildman–Crippen MR) is 60.3 cm³/mol. The molecule has 76 valence electrons. The second kappa shape index (κ2) is 3.80. The van der Waals surface area contributed by atoms with Crippen molar-refractivity contribution in [3.05, 3.63) is 0 Å². The molecule has 4 heteroatoms. The van der Waals surface area contributed by atoms with E-state index in [0.29, 0.717) is 6.61 Å². The van der Waals surface area contributed by atoms with Crippen molar-refractivity contribution in [3.63, 3.8) is 0 Å². The number of halogens is 2. The smallest absolute Gasteiger partial charge is 0.0881 e. The Morgan fingerprint density at radius 1 is 1.38 bits per heavy atom. The summed E-state index contributed by atoms with van der Waals surface area (Å²) in [7, 11) is 0. The van der Waals surface area contributed by atoms with E-state index in [1.54, 1.807) is 0 Å². The molecule has 1 heterocycles. The summed E-state index contributed by atoms with van der Waals surface area (Å²) < 4.78 is 0.244. The van der Waals surface area contributed by atoms with Crippen molar-refractivity contribution in [2.75, 3.05) is 26.2 Å². The van der Waals surface area contributed by atoms with Crippen LogP contribution in [0.15, 0.2) is 0 Å². The van der Waals surface area contributed by atoms with E-state index in [2.05, 4.69) is 36.8 Å². The summed E-state index contributed by atoms with van der Waals surface area (Å²) in [6.45, 7) is 3.75. The van der Waals surface area contributed by atoms with Gasteiger partial charge in [0, 0.05) is 25.6 Å². The zero-order chi connectivity index (χ0) is 9.47. The van der Waals surface area contributed by atoms with Crippen LogP contribution in [-0.4, -0.2) is 39.5 Å². The number of hydrogen-bond acceptors (Lipinski definition) is 2. The van der Waals surface area contributed by atoms with E-state index in [1.165, 1.54) is 19.5 Å². The molecule has 2 nitrogen and oxygen atoms in total. The highest BCUT2D eigenvalue weighted by Gasteiger charge is 2.62. The standard InChI is InChI=1S/C9H15Br2NO/c10-9(11)7-2-4-12(3-1-5-13)6-8(7)9/h7-8,13H,1-6H2/t7-,8+/m0/s1. The Labute approximate surface area is 95.9 Å². The van der Waals surface area contributed by atoms with Gasteiger partial charge in [0.2, 0.25) is 0 Å². The quantitative estimate of drug-likeness (QED) is 0.803. The third-order valence-corrected chi connectivity index (χ3v) is 5.56. The first-order valence-electron chi connectivity index (χ1n) is 4.87. The molecule has 13 heavy (non-hydrogen) atoms. The fourth-order valence-corrected chi connectivity index (χ4v) is 4.05. The maximum atomic E-state index is 8.73. The highest BCUT2D eigenvalue weighted by Crippen LogP contribution is 2.64. The average Bonchev–Trinajstić information content (AvgIpc) is 2.66. The summed E-state index contributed by atoms with van der Waals surface area (Å²) in [5, 5.41) is 8.73. The molecule has 0 aromatic rings. The zero-order valence-electron chi connectivity index (χ0n) is 7.55. The van der Waals surface area contributed by atoms with E-state index >= 15 is 0 Å². The van der Waals surface area contributed by atoms with Gasteiger partial charge in [-0.15, -0.1) is 0 Å². The van der Waals surface area contributed by atoms with E-state index in [0.717, 1.165) is 24.8 Å². The van der Waals surface area contributed by atoms with E-state index in [4.69, 9.17) is 5.11 Å². The molecule has 1 aliphatic carbocycles. The Morgan fingerprint density at radius 2 is 2.15 bits per heavy atom. The van der Waals surface area contributed by atoms with Crippen molar-refractivity contribution in [2.24, 2.45) is 11.8 Å². The number of piperidine rings is 1. The summed E-state index contributed by atoms with van der Waals surface area (Å²) in [5.74, 6) is 1.61. The van der Waals surface area contributed by atoms with E-state index in [1.807, 2.05) is 0 Å². The summed E-state index contributed by atoms with van der Waals surface area (Å²) in [6, 6.07) is 0. The van der Waals surface area contributed by atoms with Crippen LogP contribution in [0.3, 0.4) is 0 Å². The second-order valence-corrected chi connectivity index (χ2v) is 7.74. The maximum absolute atomic E-state index is 8.73. The lowest BCUT2D eigenvalue weighted by Gasteiger charge is -2.25. The Morgan fingerprint density at radius 3 is 2.77 bits per heavy atom. The molecule has 2 atom stereocenters. The molecule has 1 saturated carbocycles. The van der Waals surface area contributed by atoms with Gasteiger partial charge in [0.05, 0.1) is 3.23 Å². The molecule has 0 amide bonds. The highest BCUT2D eigenvalue weighted by atomic mass is 79.9. The summed E-state index contributed by atoms with van der Waals surface area (Å²) in [4.78, 5) is 2.46. The molecule has 0 aromatic heterocycles. The third-order valence-electron chi connectivity index (χ3n) is 3.21. The van der Waals surface area contributed by atoms with Crippen LogP contribution in [0.1, 0.15) is 12.8 Å². The van der Waals surface area contributed by atoms with Gasteiger partial charge >= 0.3 is 0 Å². The van der Waals surface area contributed by atoms with Crippen molar-refractivity contribution in [3.8, 4) is 0 Å². The first kappa shape index (κ1) is 10.4. The summed E-state index contributed by atoms with van der Waals surface area (Å²) in [6.07, 6.45) is 2.20. The first-order valence-corrected chi connectivity index (χ1v) is 6.46. The molecule has 1 N–H and O–H groups in total. The fraction of sp³-hybridized carbons (Fsp3) is 1.00. The molecule has 0 aromatic carbocycles. The topological polar surface area (TPSA) is 23.5 Å². The molecular formula is C9H15Br2NO. The summed E-state index contributed by atoms with van der Waals surface area (Å²) >= 11 is 7.43. The van der Waals surface area contributed by atoms with Gasteiger partial charge in [0.1, 0.15) is 0 Å². The van der Waals surface area contributed by atoms with Gasteiger partial charge in [-0.25, -0.2) is 0 Å². The largest absolute Gasteiger partial charge is 0.396 e. The van der Waals surface area contributed by atoms with Gasteiger partial charge in [-0.05, 0) is 25.3 Å². The number of nitrogens with zero attached hydrogens (tertiary/aromatic N) is 1. The molecule has 2 rings (SSSR count). The lowest BCUT2D eigenvalue weighted by molar-refractivity contribution is 0.192. The Bertz CT molecular complexity index is 198. The minimum Gasteiger partial charge on any atom is -0.396 e. The van der Waals surface area contributed by atoms with Gasteiger partial charge in [-0.3, -0.25) is 0 Å². The zero-order valence-corrected chi connectivity index (χ0v) is 10.7. The Balaban J connectivity index is 1.80. The number of alkyl halides is 2. The van der Waals surface area contributed by atoms with Crippen molar-refractivity contribution >= 4 is 31.9 Å². The van der Waals surface area contributed by atoms with Crippen LogP contribution in [0.5, 0.6) is 0 Å². The second-order valence-electron chi connectivity index (χ2n) is 4.05. The fourth-order valence-electron chi connectivity index (χ4n) is 2.29. The van der Waals surface area contributed by atoms with Gasteiger partial charge in [0.15, 0.2) is 0 Å². The van der Waals surface area contributed by atoms with Crippen LogP contribution in [0.2, 0.25) is 0 Å². The van der Waals surface area contributed by atoms with Crippen LogP contribution < -0.4 is 0 Å². The van der Waals surface area contributed by atoms with E-state index in [-0.39, 0.29) is 3.23 Å². The molecular weight excluding hydrogens is 298 g/mol. The maximum Gasteiger partial charge on any atom is 0.0881 e. The normalized spacial score (nSPS) is 37.2. The monoisotopic (exact) mass is 311 g/mol. The van der Waals surface area contributed by atoms with Crippen molar-refractivity contribution in [1.29, 1.82) is 0 Å². The average molecular weight is 313 g/mol. The Kier molecular flexibility index (Phi) is 3.04. The number of hydrogen-bond donors (Lipinski definition) is 1. The molecule has 1 aliphatic heterocycles. The number of aliphatic hydroxyl groups is 1. The van der Waals surface area contributed by atoms with Crippen molar-refractivity contribution < 1.29 is 5.11 Å². The van der Waals surface area contributed by atoms with E-state index < -0.39 is 0 Å². The number of aliphatic hydroxyl groups excluding tert-OH is 1. The lowest BCUT2D eigenvalue weighted by atomic mass is 10.1. The van der Waals surface area contributed by atoms with Crippen LogP contribution in [-0.2, 0) is 0 Å². The van der Waals surface area contributed by atoms with Gasteiger partial charge in [-0.1, -0.05) is 31.9 Å². The van der Waals surface area contributed by atoms with Crippen LogP contribution in [0, 0.1) is 11.8 Å². The minimum absolute atomic E-state index is 0.244. The van der Waals surface area contributed by atoms with Crippen LogP contribution in [0.4, 0.5) is 0 Å². The number of rotatable bonds is 3. The van der Waals surface area contributed by atoms with Gasteiger partial charge in [0.25, 0.3) is 0 Å². The molecule has 2 aliphatic rings. The minimum atomic E-state index is 0.244. The number of likely N-dealkylation sites (tertiary alicyclic amines) is 1. The summed E-state index contributed by atoms with van der Waals surface area (Å²) in [5.41, 5.74) is 0. The molecule has 1 saturated heterocycles. The van der Waals surface area contributed by atoms with Gasteiger partial charge < -0.3 is 10.0 Å².